The maximum atomic E-state index is 14.3. The van der Waals surface area contributed by atoms with Gasteiger partial charge in [-0.2, -0.15) is 0 Å². The van der Waals surface area contributed by atoms with E-state index >= 15 is 0 Å². The number of hydrogen-bond donors (Lipinski definition) is 1. The summed E-state index contributed by atoms with van der Waals surface area (Å²) < 4.78 is 36.3. The van der Waals surface area contributed by atoms with Crippen molar-refractivity contribution in [3.8, 4) is 5.88 Å². The number of ether oxygens (including phenoxy) is 1. The maximum Gasteiger partial charge on any atom is 0.321 e. The number of hydrogen-bond acceptors (Lipinski definition) is 5. The average Bonchev–Trinajstić information content (AvgIpc) is 3.58. The number of carboxylic acids is 1. The number of benzene rings is 1. The molecule has 1 aromatic heterocycles. The summed E-state index contributed by atoms with van der Waals surface area (Å²) in [6.45, 7) is 9.58. The van der Waals surface area contributed by atoms with E-state index in [0.717, 1.165) is 70.2 Å². The lowest BCUT2D eigenvalue weighted by molar-refractivity contribution is -0.145. The molecular weight excluding hydrogens is 514 g/mol. The number of fused-ring (bicyclic) bond motifs is 2. The molecule has 2 aromatic rings. The highest BCUT2D eigenvalue weighted by Gasteiger charge is 2.47. The highest BCUT2D eigenvalue weighted by atomic mass is 19.1. The first-order chi connectivity index (χ1) is 19.1. The Bertz CT molecular complexity index is 1200. The second-order valence-corrected chi connectivity index (χ2v) is 12.6. The van der Waals surface area contributed by atoms with Crippen LogP contribution < -0.4 is 4.74 Å². The number of aliphatic carboxylic acids is 1. The number of carbonyl (C=O) groups is 1. The smallest absolute Gasteiger partial charge is 0.321 e. The molecule has 0 radical (unpaired) electrons. The van der Waals surface area contributed by atoms with Crippen LogP contribution in [-0.2, 0) is 23.2 Å². The summed E-state index contributed by atoms with van der Waals surface area (Å²) in [5.74, 6) is -1.06. The van der Waals surface area contributed by atoms with Gasteiger partial charge in [0, 0.05) is 36.2 Å². The molecule has 1 aliphatic heterocycles. The SMILES string of the molecule is CCn1nc(OC)c2c1C1(CC2)CCN(CC2CC(N(C)[C@@H](C(=O)O)C(C)C)C[C@@H]2c2cc(F)cc(F)c2)CC1. The van der Waals surface area contributed by atoms with E-state index in [0.29, 0.717) is 12.0 Å². The van der Waals surface area contributed by atoms with Crippen LogP contribution in [0.5, 0.6) is 5.88 Å². The highest BCUT2D eigenvalue weighted by molar-refractivity contribution is 5.73. The molecule has 3 aliphatic rings. The zero-order valence-corrected chi connectivity index (χ0v) is 24.5. The predicted octanol–water partition coefficient (Wildman–Crippen LogP) is 5.07. The number of halogens is 2. The number of aryl methyl sites for hydroxylation is 1. The van der Waals surface area contributed by atoms with Gasteiger partial charge in [0.2, 0.25) is 5.88 Å². The highest BCUT2D eigenvalue weighted by Crippen LogP contribution is 2.50. The van der Waals surface area contributed by atoms with Crippen molar-refractivity contribution in [2.75, 3.05) is 33.8 Å². The van der Waals surface area contributed by atoms with Crippen LogP contribution in [-0.4, -0.2) is 76.5 Å². The molecule has 2 fully saturated rings. The lowest BCUT2D eigenvalue weighted by atomic mass is 9.75. The van der Waals surface area contributed by atoms with Crippen molar-refractivity contribution < 1.29 is 23.4 Å². The molecule has 0 amide bonds. The molecule has 1 aromatic carbocycles. The molecule has 1 spiro atoms. The van der Waals surface area contributed by atoms with Gasteiger partial charge in [-0.1, -0.05) is 13.8 Å². The molecule has 220 valence electrons. The Balaban J connectivity index is 1.34. The minimum atomic E-state index is -0.825. The normalized spacial score (nSPS) is 25.2. The van der Waals surface area contributed by atoms with Crippen LogP contribution in [0.1, 0.15) is 75.6 Å². The van der Waals surface area contributed by atoms with Crippen LogP contribution in [0.25, 0.3) is 0 Å². The Morgan fingerprint density at radius 2 is 1.85 bits per heavy atom. The van der Waals surface area contributed by atoms with E-state index in [4.69, 9.17) is 9.84 Å². The van der Waals surface area contributed by atoms with Gasteiger partial charge in [-0.25, -0.2) is 8.78 Å². The zero-order valence-electron chi connectivity index (χ0n) is 24.5. The Morgan fingerprint density at radius 1 is 1.18 bits per heavy atom. The third-order valence-electron chi connectivity index (χ3n) is 10.1. The van der Waals surface area contributed by atoms with Crippen LogP contribution in [0.3, 0.4) is 0 Å². The Morgan fingerprint density at radius 3 is 2.42 bits per heavy atom. The average molecular weight is 559 g/mol. The third kappa shape index (κ3) is 5.27. The van der Waals surface area contributed by atoms with Gasteiger partial charge >= 0.3 is 5.97 Å². The number of piperidine rings is 1. The molecule has 1 N–H and O–H groups in total. The van der Waals surface area contributed by atoms with Gasteiger partial charge in [0.15, 0.2) is 0 Å². The number of nitrogens with zero attached hydrogens (tertiary/aromatic N) is 4. The van der Waals surface area contributed by atoms with Crippen molar-refractivity contribution >= 4 is 5.97 Å². The maximum absolute atomic E-state index is 14.3. The van der Waals surface area contributed by atoms with Gasteiger partial charge in [-0.3, -0.25) is 14.4 Å². The summed E-state index contributed by atoms with van der Waals surface area (Å²) in [4.78, 5) is 16.6. The molecule has 40 heavy (non-hydrogen) atoms. The number of aromatic nitrogens is 2. The summed E-state index contributed by atoms with van der Waals surface area (Å²) in [7, 11) is 3.59. The zero-order chi connectivity index (χ0) is 28.8. The van der Waals surface area contributed by atoms with Crippen LogP contribution in [0.2, 0.25) is 0 Å². The van der Waals surface area contributed by atoms with E-state index in [1.54, 1.807) is 7.11 Å². The fraction of sp³-hybridized carbons (Fsp3) is 0.677. The number of likely N-dealkylation sites (tertiary alicyclic amines) is 1. The monoisotopic (exact) mass is 558 g/mol. The van der Waals surface area contributed by atoms with Crippen molar-refractivity contribution in [1.29, 1.82) is 0 Å². The fourth-order valence-electron chi connectivity index (χ4n) is 8.14. The van der Waals surface area contributed by atoms with E-state index in [9.17, 15) is 18.7 Å². The molecule has 0 bridgehead atoms. The van der Waals surface area contributed by atoms with E-state index < -0.39 is 23.6 Å². The van der Waals surface area contributed by atoms with Gasteiger partial charge in [-0.05, 0) is 101 Å². The van der Waals surface area contributed by atoms with E-state index in [2.05, 4.69) is 16.5 Å². The molecule has 2 heterocycles. The molecule has 1 saturated heterocycles. The molecule has 7 nitrogen and oxygen atoms in total. The molecule has 4 atom stereocenters. The Labute approximate surface area is 236 Å². The van der Waals surface area contributed by atoms with E-state index in [-0.39, 0.29) is 29.2 Å². The molecule has 2 unspecified atom stereocenters. The van der Waals surface area contributed by atoms with Crippen LogP contribution in [0, 0.1) is 23.5 Å². The molecule has 1 saturated carbocycles. The summed E-state index contributed by atoms with van der Waals surface area (Å²) in [6.07, 6.45) is 5.73. The van der Waals surface area contributed by atoms with Crippen LogP contribution >= 0.6 is 0 Å². The van der Waals surface area contributed by atoms with Crippen molar-refractivity contribution in [1.82, 2.24) is 19.6 Å². The first-order valence-electron chi connectivity index (χ1n) is 14.8. The summed E-state index contributed by atoms with van der Waals surface area (Å²) in [5.41, 5.74) is 3.44. The van der Waals surface area contributed by atoms with Crippen molar-refractivity contribution in [2.24, 2.45) is 11.8 Å². The Kier molecular flexibility index (Phi) is 8.26. The topological polar surface area (TPSA) is 70.8 Å². The summed E-state index contributed by atoms with van der Waals surface area (Å²) in [5, 5.41) is 14.6. The van der Waals surface area contributed by atoms with Gasteiger partial charge in [0.1, 0.15) is 17.7 Å². The summed E-state index contributed by atoms with van der Waals surface area (Å²) in [6, 6.07) is 3.28. The second-order valence-electron chi connectivity index (χ2n) is 12.6. The standard InChI is InChI=1S/C31H44F2N4O3/c1-6-37-28-25(29(34-37)40-5)7-8-31(28)9-11-36(12-10-31)18-21-15-24(35(4)27(19(2)3)30(38)39)17-26(21)20-13-22(32)16-23(33)14-20/h13-14,16,19,21,24,26-27H,6-12,15,17-18H2,1-5H3,(H,38,39)/t21?,24?,26-,27-/m1/s1. The van der Waals surface area contributed by atoms with Gasteiger partial charge in [0.05, 0.1) is 12.8 Å². The number of methoxy groups -OCH3 is 1. The minimum Gasteiger partial charge on any atom is -0.480 e. The lowest BCUT2D eigenvalue weighted by Gasteiger charge is -2.41. The molecular formula is C31H44F2N4O3. The second kappa shape index (κ2) is 11.4. The fourth-order valence-corrected chi connectivity index (χ4v) is 8.14. The van der Waals surface area contributed by atoms with Crippen molar-refractivity contribution in [2.45, 2.75) is 89.3 Å². The first kappa shape index (κ1) is 29.0. The number of likely N-dealkylation sites (N-methyl/N-ethyl adjacent to an activating group) is 1. The molecule has 2 aliphatic carbocycles. The van der Waals surface area contributed by atoms with Crippen molar-refractivity contribution in [3.05, 3.63) is 46.7 Å². The number of carboxylic acid groups (broad SMARTS) is 1. The van der Waals surface area contributed by atoms with Crippen molar-refractivity contribution in [3.63, 3.8) is 0 Å². The molecule has 5 rings (SSSR count). The van der Waals surface area contributed by atoms with Gasteiger partial charge in [-0.15, -0.1) is 5.10 Å². The molecule has 9 heteroatoms. The van der Waals surface area contributed by atoms with E-state index in [1.165, 1.54) is 23.4 Å². The number of rotatable bonds is 9. The quantitative estimate of drug-likeness (QED) is 0.463. The third-order valence-corrected chi connectivity index (χ3v) is 10.1. The van der Waals surface area contributed by atoms with E-state index in [1.807, 2.05) is 25.8 Å². The lowest BCUT2D eigenvalue weighted by Crippen LogP contribution is -2.47. The Hall–Kier alpha value is -2.52. The van der Waals surface area contributed by atoms with Gasteiger partial charge in [0.25, 0.3) is 0 Å². The van der Waals surface area contributed by atoms with Gasteiger partial charge < -0.3 is 14.7 Å². The first-order valence-corrected chi connectivity index (χ1v) is 14.8. The van der Waals surface area contributed by atoms with Crippen LogP contribution in [0.4, 0.5) is 8.78 Å². The predicted molar refractivity (Wildman–Crippen MR) is 150 cm³/mol. The van der Waals surface area contributed by atoms with Crippen LogP contribution in [0.15, 0.2) is 18.2 Å². The minimum absolute atomic E-state index is 0.0287. The largest absolute Gasteiger partial charge is 0.480 e. The summed E-state index contributed by atoms with van der Waals surface area (Å²) >= 11 is 0.